The van der Waals surface area contributed by atoms with Gasteiger partial charge >= 0.3 is 0 Å². The van der Waals surface area contributed by atoms with Crippen LogP contribution >= 0.6 is 0 Å². The summed E-state index contributed by atoms with van der Waals surface area (Å²) in [6, 6.07) is 27.8. The Morgan fingerprint density at radius 2 is 1.43 bits per heavy atom. The molecule has 1 saturated carbocycles. The molecule has 7 nitrogen and oxygen atoms in total. The summed E-state index contributed by atoms with van der Waals surface area (Å²) < 4.78 is 6.01. The van der Waals surface area contributed by atoms with Gasteiger partial charge in [0.15, 0.2) is 0 Å². The molecule has 0 bridgehead atoms. The number of piperidine rings is 1. The highest BCUT2D eigenvalue weighted by molar-refractivity contribution is 5.90. The Hall–Kier alpha value is -3.68. The molecular weight excluding hydrogens is 608 g/mol. The number of likely N-dealkylation sites (tertiary alicyclic amines) is 1. The largest absolute Gasteiger partial charge is 0.489 e. The molecule has 3 aromatic carbocycles. The van der Waals surface area contributed by atoms with E-state index in [2.05, 4.69) is 71.7 Å². The Bertz CT molecular complexity index is 1400. The van der Waals surface area contributed by atoms with Crippen molar-refractivity contribution in [1.29, 1.82) is 0 Å². The van der Waals surface area contributed by atoms with Crippen LogP contribution in [0.2, 0.25) is 0 Å². The minimum atomic E-state index is -0.663. The summed E-state index contributed by atoms with van der Waals surface area (Å²) in [6.45, 7) is 8.56. The van der Waals surface area contributed by atoms with Crippen molar-refractivity contribution in [2.45, 2.75) is 103 Å². The number of carbonyl (C=O) groups excluding carboxylic acids is 2. The van der Waals surface area contributed by atoms with E-state index in [0.29, 0.717) is 24.9 Å². The highest BCUT2D eigenvalue weighted by Crippen LogP contribution is 2.26. The molecule has 264 valence electrons. The van der Waals surface area contributed by atoms with Crippen LogP contribution in [0.25, 0.3) is 0 Å². The molecule has 2 N–H and O–H groups in total. The van der Waals surface area contributed by atoms with Gasteiger partial charge in [0.25, 0.3) is 0 Å². The Morgan fingerprint density at radius 3 is 2.06 bits per heavy atom. The van der Waals surface area contributed by atoms with Crippen LogP contribution in [0, 0.1) is 11.8 Å². The average Bonchev–Trinajstić information content (AvgIpc) is 3.12. The number of carbonyl (C=O) groups is 2. The molecule has 0 spiro atoms. The minimum Gasteiger partial charge on any atom is -0.489 e. The minimum absolute atomic E-state index is 0.0485. The Balaban J connectivity index is 1.23. The molecule has 7 heteroatoms. The molecule has 1 aliphatic carbocycles. The summed E-state index contributed by atoms with van der Waals surface area (Å²) in [7, 11) is 2.09. The fourth-order valence-electron chi connectivity index (χ4n) is 7.39. The zero-order chi connectivity index (χ0) is 34.4. The molecule has 0 radical (unpaired) electrons. The average molecular weight is 667 g/mol. The van der Waals surface area contributed by atoms with Crippen molar-refractivity contribution in [3.05, 3.63) is 102 Å². The zero-order valence-corrected chi connectivity index (χ0v) is 30.0. The number of likely N-dealkylation sites (N-methyl/N-ethyl adjacent to an activating group) is 1. The lowest BCUT2D eigenvalue weighted by Crippen LogP contribution is -2.56. The topological polar surface area (TPSA) is 73.9 Å². The van der Waals surface area contributed by atoms with Gasteiger partial charge in [0, 0.05) is 38.6 Å². The summed E-state index contributed by atoms with van der Waals surface area (Å²) in [6.07, 6.45) is 9.33. The van der Waals surface area contributed by atoms with Crippen LogP contribution in [0.5, 0.6) is 5.75 Å². The lowest BCUT2D eigenvalue weighted by atomic mass is 9.88. The molecule has 2 unspecified atom stereocenters. The SMILES string of the molecule is CC(C)CC(C(=O)NC(Cc1ccc(OCc2ccccc2)cc1)C(=O)NC1CCN(Cc2ccccc2)CC1)N(C)CC1CCCCC1. The standard InChI is InChI=1S/C42H58N4O3/c1-32(2)27-40(45(3)29-34-13-7-4-8-14-34)42(48)44-39(28-33-19-21-38(22-20-33)49-31-36-17-11-6-12-18-36)41(47)43-37-23-25-46(26-24-37)30-35-15-9-5-10-16-35/h5-6,9-12,15-22,32,34,37,39-40H,4,7-8,13-14,23-31H2,1-3H3,(H,43,47)(H,44,48). The smallest absolute Gasteiger partial charge is 0.243 e. The Morgan fingerprint density at radius 1 is 0.796 bits per heavy atom. The monoisotopic (exact) mass is 666 g/mol. The van der Waals surface area contributed by atoms with E-state index in [1.54, 1.807) is 0 Å². The van der Waals surface area contributed by atoms with Crippen LogP contribution < -0.4 is 15.4 Å². The van der Waals surface area contributed by atoms with Crippen LogP contribution in [0.15, 0.2) is 84.9 Å². The molecule has 2 atom stereocenters. The lowest BCUT2D eigenvalue weighted by Gasteiger charge is -2.35. The summed E-state index contributed by atoms with van der Waals surface area (Å²) >= 11 is 0. The van der Waals surface area contributed by atoms with Gasteiger partial charge in [-0.2, -0.15) is 0 Å². The van der Waals surface area contributed by atoms with Crippen molar-refractivity contribution in [2.24, 2.45) is 11.8 Å². The van der Waals surface area contributed by atoms with Gasteiger partial charge in [0.1, 0.15) is 18.4 Å². The molecule has 49 heavy (non-hydrogen) atoms. The number of hydrogen-bond acceptors (Lipinski definition) is 5. The molecule has 1 aliphatic heterocycles. The van der Waals surface area contributed by atoms with Crippen LogP contribution in [0.3, 0.4) is 0 Å². The van der Waals surface area contributed by atoms with Crippen molar-refractivity contribution in [3.8, 4) is 5.75 Å². The predicted octanol–water partition coefficient (Wildman–Crippen LogP) is 7.00. The van der Waals surface area contributed by atoms with Gasteiger partial charge in [-0.25, -0.2) is 0 Å². The maximum atomic E-state index is 14.1. The molecule has 2 aliphatic rings. The van der Waals surface area contributed by atoms with Crippen LogP contribution in [0.1, 0.15) is 81.9 Å². The Labute approximate surface area is 294 Å². The third kappa shape index (κ3) is 12.0. The summed E-state index contributed by atoms with van der Waals surface area (Å²) in [5.41, 5.74) is 3.41. The number of rotatable bonds is 16. The first-order valence-corrected chi connectivity index (χ1v) is 18.7. The van der Waals surface area contributed by atoms with E-state index in [0.717, 1.165) is 62.3 Å². The zero-order valence-electron chi connectivity index (χ0n) is 30.0. The number of amides is 2. The number of hydrogen-bond donors (Lipinski definition) is 2. The number of nitrogens with one attached hydrogen (secondary N) is 2. The van der Waals surface area contributed by atoms with Crippen molar-refractivity contribution in [2.75, 3.05) is 26.7 Å². The fraction of sp³-hybridized carbons (Fsp3) is 0.524. The van der Waals surface area contributed by atoms with Crippen molar-refractivity contribution < 1.29 is 14.3 Å². The molecular formula is C42H58N4O3. The number of ether oxygens (including phenoxy) is 1. The van der Waals surface area contributed by atoms with Crippen molar-refractivity contribution in [1.82, 2.24) is 20.4 Å². The molecule has 0 aromatic heterocycles. The molecule has 1 saturated heterocycles. The predicted molar refractivity (Wildman–Crippen MR) is 198 cm³/mol. The van der Waals surface area contributed by atoms with E-state index in [1.807, 2.05) is 54.6 Å². The second kappa shape index (κ2) is 18.9. The van der Waals surface area contributed by atoms with E-state index < -0.39 is 6.04 Å². The van der Waals surface area contributed by atoms with Crippen LogP contribution in [0.4, 0.5) is 0 Å². The summed E-state index contributed by atoms with van der Waals surface area (Å²) in [4.78, 5) is 32.8. The summed E-state index contributed by atoms with van der Waals surface area (Å²) in [5, 5.41) is 6.58. The first kappa shape index (κ1) is 36.6. The van der Waals surface area contributed by atoms with E-state index in [1.165, 1.54) is 37.7 Å². The molecule has 2 fully saturated rings. The third-order valence-electron chi connectivity index (χ3n) is 10.2. The third-order valence-corrected chi connectivity index (χ3v) is 10.2. The lowest BCUT2D eigenvalue weighted by molar-refractivity contribution is -0.132. The normalized spacial score (nSPS) is 17.5. The van der Waals surface area contributed by atoms with Gasteiger partial charge in [-0.3, -0.25) is 19.4 Å². The molecule has 5 rings (SSSR count). The maximum absolute atomic E-state index is 14.1. The van der Waals surface area contributed by atoms with Gasteiger partial charge in [0.05, 0.1) is 6.04 Å². The molecule has 1 heterocycles. The maximum Gasteiger partial charge on any atom is 0.243 e. The highest BCUT2D eigenvalue weighted by atomic mass is 16.5. The van der Waals surface area contributed by atoms with Crippen molar-refractivity contribution >= 4 is 11.8 Å². The quantitative estimate of drug-likeness (QED) is 0.172. The van der Waals surface area contributed by atoms with Crippen LogP contribution in [-0.2, 0) is 29.2 Å². The number of nitrogens with zero attached hydrogens (tertiary/aromatic N) is 2. The highest BCUT2D eigenvalue weighted by Gasteiger charge is 2.31. The number of benzene rings is 3. The van der Waals surface area contributed by atoms with Gasteiger partial charge in [-0.15, -0.1) is 0 Å². The molecule has 2 amide bonds. The summed E-state index contributed by atoms with van der Waals surface area (Å²) in [5.74, 6) is 1.63. The van der Waals surface area contributed by atoms with Crippen LogP contribution in [-0.4, -0.2) is 66.4 Å². The first-order valence-electron chi connectivity index (χ1n) is 18.7. The van der Waals surface area contributed by atoms with E-state index in [9.17, 15) is 9.59 Å². The van der Waals surface area contributed by atoms with E-state index in [-0.39, 0.29) is 23.9 Å². The van der Waals surface area contributed by atoms with E-state index in [4.69, 9.17) is 4.74 Å². The first-order chi connectivity index (χ1) is 23.8. The van der Waals surface area contributed by atoms with Gasteiger partial charge in [-0.1, -0.05) is 106 Å². The van der Waals surface area contributed by atoms with Crippen molar-refractivity contribution in [3.63, 3.8) is 0 Å². The second-order valence-electron chi connectivity index (χ2n) is 14.8. The van der Waals surface area contributed by atoms with E-state index >= 15 is 0 Å². The fourth-order valence-corrected chi connectivity index (χ4v) is 7.39. The van der Waals surface area contributed by atoms with Gasteiger partial charge in [-0.05, 0) is 79.8 Å². The second-order valence-corrected chi connectivity index (χ2v) is 14.8. The van der Waals surface area contributed by atoms with Gasteiger partial charge in [0.2, 0.25) is 11.8 Å². The Kier molecular flexibility index (Phi) is 14.1. The molecule has 3 aromatic rings. The van der Waals surface area contributed by atoms with Gasteiger partial charge < -0.3 is 15.4 Å².